The largest absolute Gasteiger partial charge is 0.478 e. The van der Waals surface area contributed by atoms with Crippen LogP contribution in [0.15, 0.2) is 110 Å². The number of rotatable bonds is 7. The number of aliphatic carboxylic acids is 1. The average molecular weight is 498 g/mol. The van der Waals surface area contributed by atoms with Crippen molar-refractivity contribution in [3.8, 4) is 0 Å². The lowest BCUT2D eigenvalue weighted by molar-refractivity contribution is -0.130. The zero-order valence-corrected chi connectivity index (χ0v) is 20.4. The summed E-state index contributed by atoms with van der Waals surface area (Å²) < 4.78 is 0. The molecule has 0 saturated heterocycles. The molecule has 2 heterocycles. The maximum absolute atomic E-state index is 11.7. The Labute approximate surface area is 218 Å². The molecular weight excluding hydrogens is 474 g/mol. The van der Waals surface area contributed by atoms with E-state index in [1.54, 1.807) is 24.4 Å². The second-order valence-corrected chi connectivity index (χ2v) is 8.98. The van der Waals surface area contributed by atoms with Crippen LogP contribution in [0.1, 0.15) is 16.7 Å². The van der Waals surface area contributed by atoms with Crippen molar-refractivity contribution in [2.75, 3.05) is 4.90 Å². The third kappa shape index (κ3) is 4.26. The SMILES string of the molecule is C=C(C(=O)O)c1ccc2ncnc(N(c3ccc4[nH]ncc4c3)c3ccccc3Cc3ccccc3)c2c1. The number of hydrogen-bond donors (Lipinski definition) is 2. The molecule has 0 spiro atoms. The topological polar surface area (TPSA) is 95.0 Å². The zero-order valence-electron chi connectivity index (χ0n) is 20.4. The Hall–Kier alpha value is -5.30. The first-order valence-corrected chi connectivity index (χ1v) is 12.1. The van der Waals surface area contributed by atoms with Gasteiger partial charge in [0.15, 0.2) is 0 Å². The monoisotopic (exact) mass is 497 g/mol. The molecule has 0 atom stereocenters. The van der Waals surface area contributed by atoms with Gasteiger partial charge in [0.05, 0.1) is 28.5 Å². The highest BCUT2D eigenvalue weighted by atomic mass is 16.4. The molecule has 38 heavy (non-hydrogen) atoms. The molecule has 0 amide bonds. The molecule has 184 valence electrons. The van der Waals surface area contributed by atoms with E-state index in [1.165, 1.54) is 11.9 Å². The highest BCUT2D eigenvalue weighted by Gasteiger charge is 2.21. The lowest BCUT2D eigenvalue weighted by Crippen LogP contribution is -2.14. The molecule has 2 aromatic heterocycles. The summed E-state index contributed by atoms with van der Waals surface area (Å²) >= 11 is 0. The Morgan fingerprint density at radius 1 is 0.921 bits per heavy atom. The van der Waals surface area contributed by atoms with Crippen molar-refractivity contribution < 1.29 is 9.90 Å². The van der Waals surface area contributed by atoms with Gasteiger partial charge in [0.25, 0.3) is 0 Å². The minimum absolute atomic E-state index is 0.0116. The molecule has 4 aromatic carbocycles. The number of benzene rings is 4. The van der Waals surface area contributed by atoms with E-state index in [0.29, 0.717) is 22.3 Å². The van der Waals surface area contributed by atoms with Gasteiger partial charge in [0, 0.05) is 16.5 Å². The first-order valence-electron chi connectivity index (χ1n) is 12.1. The molecular formula is C31H23N5O2. The van der Waals surface area contributed by atoms with Crippen LogP contribution in [0.5, 0.6) is 0 Å². The van der Waals surface area contributed by atoms with E-state index in [9.17, 15) is 9.90 Å². The molecule has 0 fully saturated rings. The van der Waals surface area contributed by atoms with Crippen LogP contribution in [0.3, 0.4) is 0 Å². The summed E-state index contributed by atoms with van der Waals surface area (Å²) in [5, 5.41) is 18.4. The van der Waals surface area contributed by atoms with Crippen molar-refractivity contribution >= 4 is 50.5 Å². The number of fused-ring (bicyclic) bond motifs is 2. The molecule has 0 radical (unpaired) electrons. The number of para-hydroxylation sites is 1. The maximum atomic E-state index is 11.7. The summed E-state index contributed by atoms with van der Waals surface area (Å²) in [6, 6.07) is 29.9. The molecule has 6 rings (SSSR count). The summed E-state index contributed by atoms with van der Waals surface area (Å²) in [7, 11) is 0. The van der Waals surface area contributed by atoms with Crippen molar-refractivity contribution in [2.24, 2.45) is 0 Å². The van der Waals surface area contributed by atoms with Crippen LogP contribution in [-0.2, 0) is 11.2 Å². The fourth-order valence-electron chi connectivity index (χ4n) is 4.67. The number of aromatic amines is 1. The number of carbonyl (C=O) groups is 1. The Morgan fingerprint density at radius 3 is 2.58 bits per heavy atom. The average Bonchev–Trinajstić information content (AvgIpc) is 3.42. The van der Waals surface area contributed by atoms with Gasteiger partial charge in [0.2, 0.25) is 0 Å². The van der Waals surface area contributed by atoms with E-state index in [0.717, 1.165) is 34.3 Å². The quantitative estimate of drug-likeness (QED) is 0.239. The van der Waals surface area contributed by atoms with Crippen molar-refractivity contribution in [1.82, 2.24) is 20.2 Å². The number of carboxylic acid groups (broad SMARTS) is 1. The van der Waals surface area contributed by atoms with Crippen molar-refractivity contribution in [1.29, 1.82) is 0 Å². The number of nitrogens with zero attached hydrogens (tertiary/aromatic N) is 4. The van der Waals surface area contributed by atoms with Crippen molar-refractivity contribution in [3.63, 3.8) is 0 Å². The van der Waals surface area contributed by atoms with Gasteiger partial charge in [-0.05, 0) is 59.5 Å². The Balaban J connectivity index is 1.60. The minimum atomic E-state index is -1.07. The lowest BCUT2D eigenvalue weighted by Gasteiger charge is -2.28. The second-order valence-electron chi connectivity index (χ2n) is 8.98. The number of anilines is 3. The maximum Gasteiger partial charge on any atom is 0.335 e. The summed E-state index contributed by atoms with van der Waals surface area (Å²) in [4.78, 5) is 23.0. The van der Waals surface area contributed by atoms with E-state index in [-0.39, 0.29) is 5.57 Å². The number of nitrogens with one attached hydrogen (secondary N) is 1. The summed E-state index contributed by atoms with van der Waals surface area (Å²) in [5.41, 5.74) is 6.30. The van der Waals surface area contributed by atoms with Gasteiger partial charge in [-0.1, -0.05) is 61.2 Å². The highest BCUT2D eigenvalue weighted by Crippen LogP contribution is 2.40. The first-order chi connectivity index (χ1) is 18.6. The minimum Gasteiger partial charge on any atom is -0.478 e. The number of hydrogen-bond acceptors (Lipinski definition) is 5. The van der Waals surface area contributed by atoms with E-state index in [1.807, 2.05) is 42.5 Å². The third-order valence-electron chi connectivity index (χ3n) is 6.58. The summed E-state index contributed by atoms with van der Waals surface area (Å²) in [5.74, 6) is -0.434. The first kappa shape index (κ1) is 23.1. The van der Waals surface area contributed by atoms with Crippen molar-refractivity contribution in [2.45, 2.75) is 6.42 Å². The predicted octanol–water partition coefficient (Wildman–Crippen LogP) is 6.66. The molecule has 7 nitrogen and oxygen atoms in total. The van der Waals surface area contributed by atoms with E-state index in [4.69, 9.17) is 4.98 Å². The van der Waals surface area contributed by atoms with Gasteiger partial charge < -0.3 is 5.11 Å². The van der Waals surface area contributed by atoms with E-state index >= 15 is 0 Å². The van der Waals surface area contributed by atoms with Gasteiger partial charge >= 0.3 is 5.97 Å². The molecule has 7 heteroatoms. The fraction of sp³-hybridized carbons (Fsp3) is 0.0323. The smallest absolute Gasteiger partial charge is 0.335 e. The molecule has 0 saturated carbocycles. The second kappa shape index (κ2) is 9.63. The fourth-order valence-corrected chi connectivity index (χ4v) is 4.67. The molecule has 0 aliphatic carbocycles. The normalized spacial score (nSPS) is 11.1. The molecule has 6 aromatic rings. The van der Waals surface area contributed by atoms with E-state index in [2.05, 4.69) is 57.0 Å². The summed E-state index contributed by atoms with van der Waals surface area (Å²) in [6.07, 6.45) is 4.05. The van der Waals surface area contributed by atoms with Crippen LogP contribution >= 0.6 is 0 Å². The number of H-pyrrole nitrogens is 1. The van der Waals surface area contributed by atoms with Crippen LogP contribution in [0, 0.1) is 0 Å². The predicted molar refractivity (Wildman–Crippen MR) is 150 cm³/mol. The van der Waals surface area contributed by atoms with Gasteiger partial charge in [-0.15, -0.1) is 0 Å². The Bertz CT molecular complexity index is 1810. The van der Waals surface area contributed by atoms with Crippen LogP contribution in [-0.4, -0.2) is 31.2 Å². The highest BCUT2D eigenvalue weighted by molar-refractivity contribution is 6.15. The third-order valence-corrected chi connectivity index (χ3v) is 6.58. The molecule has 0 aliphatic heterocycles. The molecule has 2 N–H and O–H groups in total. The Morgan fingerprint density at radius 2 is 1.74 bits per heavy atom. The summed E-state index contributed by atoms with van der Waals surface area (Å²) in [6.45, 7) is 3.75. The van der Waals surface area contributed by atoms with Crippen LogP contribution in [0.25, 0.3) is 27.4 Å². The number of aromatic nitrogens is 4. The Kier molecular flexibility index (Phi) is 5.86. The van der Waals surface area contributed by atoms with Crippen LogP contribution < -0.4 is 4.90 Å². The number of carboxylic acids is 1. The van der Waals surface area contributed by atoms with Crippen LogP contribution in [0.4, 0.5) is 17.2 Å². The van der Waals surface area contributed by atoms with Gasteiger partial charge in [-0.3, -0.25) is 10.00 Å². The molecule has 0 bridgehead atoms. The molecule has 0 aliphatic rings. The van der Waals surface area contributed by atoms with Crippen LogP contribution in [0.2, 0.25) is 0 Å². The van der Waals surface area contributed by atoms with Crippen molar-refractivity contribution in [3.05, 3.63) is 127 Å². The van der Waals surface area contributed by atoms with Gasteiger partial charge in [0.1, 0.15) is 12.1 Å². The lowest BCUT2D eigenvalue weighted by atomic mass is 10.0. The standard InChI is InChI=1S/C31H23N5O2/c1-20(31(37)38)22-11-13-28-26(17-22)30(33-19-32-28)36(25-12-14-27-24(16-25)18-34-35-27)29-10-6-5-9-23(29)15-21-7-3-2-4-8-21/h2-14,16-19H,1,15H2,(H,34,35)(H,37,38). The zero-order chi connectivity index (χ0) is 26.1. The van der Waals surface area contributed by atoms with Gasteiger partial charge in [-0.25, -0.2) is 14.8 Å². The van der Waals surface area contributed by atoms with E-state index < -0.39 is 5.97 Å². The molecule has 0 unspecified atom stereocenters. The van der Waals surface area contributed by atoms with Gasteiger partial charge in [-0.2, -0.15) is 5.10 Å².